The summed E-state index contributed by atoms with van der Waals surface area (Å²) in [6, 6.07) is 6.71. The number of amides is 1. The molecule has 1 saturated heterocycles. The van der Waals surface area contributed by atoms with Gasteiger partial charge in [-0.25, -0.2) is 4.39 Å². The number of unbranched alkanes of at least 4 members (excludes halogenated alkanes) is 1. The first-order chi connectivity index (χ1) is 10.2. The van der Waals surface area contributed by atoms with Crippen LogP contribution in [0.5, 0.6) is 0 Å². The van der Waals surface area contributed by atoms with Gasteiger partial charge in [0.1, 0.15) is 5.82 Å². The number of rotatable bonds is 6. The Hall–Kier alpha value is -1.42. The Morgan fingerprint density at radius 3 is 3.10 bits per heavy atom. The third-order valence-electron chi connectivity index (χ3n) is 4.00. The number of nitrogens with one attached hydrogen (secondary N) is 1. The van der Waals surface area contributed by atoms with Gasteiger partial charge in [-0.05, 0) is 43.5 Å². The van der Waals surface area contributed by atoms with Gasteiger partial charge in [0.2, 0.25) is 5.91 Å². The monoisotopic (exact) mass is 292 g/mol. The first-order valence-electron chi connectivity index (χ1n) is 7.93. The minimum atomic E-state index is -0.196. The van der Waals surface area contributed by atoms with Crippen molar-refractivity contribution in [2.45, 2.75) is 39.2 Å². The van der Waals surface area contributed by atoms with Crippen LogP contribution in [0.3, 0.4) is 0 Å². The summed E-state index contributed by atoms with van der Waals surface area (Å²) in [5, 5.41) is 3.02. The molecule has 0 saturated carbocycles. The van der Waals surface area contributed by atoms with Crippen LogP contribution in [-0.4, -0.2) is 30.4 Å². The second kappa shape index (κ2) is 8.13. The molecule has 21 heavy (non-hydrogen) atoms. The third kappa shape index (κ3) is 5.12. The summed E-state index contributed by atoms with van der Waals surface area (Å²) in [5.41, 5.74) is 0.974. The maximum Gasteiger partial charge on any atom is 0.224 e. The van der Waals surface area contributed by atoms with Gasteiger partial charge < -0.3 is 5.32 Å². The highest BCUT2D eigenvalue weighted by molar-refractivity contribution is 5.78. The fraction of sp³-hybridized carbons (Fsp3) is 0.588. The highest BCUT2D eigenvalue weighted by Gasteiger charge is 2.25. The number of hydrogen-bond donors (Lipinski definition) is 1. The molecule has 0 bridgehead atoms. The van der Waals surface area contributed by atoms with E-state index in [1.165, 1.54) is 6.07 Å². The van der Waals surface area contributed by atoms with Crippen LogP contribution in [0, 0.1) is 11.7 Å². The van der Waals surface area contributed by atoms with Crippen LogP contribution in [-0.2, 0) is 11.3 Å². The second-order valence-electron chi connectivity index (χ2n) is 5.85. The lowest BCUT2D eigenvalue weighted by Crippen LogP contribution is -2.42. The molecule has 116 valence electrons. The number of nitrogens with zero attached hydrogens (tertiary/aromatic N) is 1. The molecule has 1 fully saturated rings. The first-order valence-corrected chi connectivity index (χ1v) is 7.93. The molecule has 1 aliphatic heterocycles. The van der Waals surface area contributed by atoms with Crippen molar-refractivity contribution < 1.29 is 9.18 Å². The van der Waals surface area contributed by atoms with Gasteiger partial charge in [0, 0.05) is 19.6 Å². The van der Waals surface area contributed by atoms with E-state index < -0.39 is 0 Å². The van der Waals surface area contributed by atoms with E-state index in [1.807, 2.05) is 6.07 Å². The predicted octanol–water partition coefficient (Wildman–Crippen LogP) is 2.95. The fourth-order valence-electron chi connectivity index (χ4n) is 2.84. The molecule has 4 heteroatoms. The normalized spacial score (nSPS) is 19.4. The molecule has 1 N–H and O–H groups in total. The smallest absolute Gasteiger partial charge is 0.224 e. The molecule has 1 aromatic rings. The Labute approximate surface area is 126 Å². The Kier molecular flexibility index (Phi) is 6.18. The van der Waals surface area contributed by atoms with E-state index >= 15 is 0 Å². The molecule has 1 amide bonds. The van der Waals surface area contributed by atoms with Crippen LogP contribution < -0.4 is 5.32 Å². The van der Waals surface area contributed by atoms with Crippen LogP contribution in [0.25, 0.3) is 0 Å². The number of carbonyl (C=O) groups is 1. The topological polar surface area (TPSA) is 32.3 Å². The highest BCUT2D eigenvalue weighted by Crippen LogP contribution is 2.19. The Morgan fingerprint density at radius 1 is 1.48 bits per heavy atom. The van der Waals surface area contributed by atoms with Crippen LogP contribution in [0.1, 0.15) is 38.2 Å². The number of piperidine rings is 1. The van der Waals surface area contributed by atoms with Crippen molar-refractivity contribution in [2.24, 2.45) is 5.92 Å². The Bertz CT molecular complexity index is 464. The molecule has 0 aliphatic carbocycles. The summed E-state index contributed by atoms with van der Waals surface area (Å²) < 4.78 is 13.2. The minimum Gasteiger partial charge on any atom is -0.356 e. The van der Waals surface area contributed by atoms with Gasteiger partial charge in [0.25, 0.3) is 0 Å². The average molecular weight is 292 g/mol. The van der Waals surface area contributed by atoms with E-state index in [-0.39, 0.29) is 17.6 Å². The molecule has 1 heterocycles. The first kappa shape index (κ1) is 16.0. The molecular weight excluding hydrogens is 267 g/mol. The molecule has 1 atom stereocenters. The molecule has 0 spiro atoms. The zero-order chi connectivity index (χ0) is 15.1. The van der Waals surface area contributed by atoms with Crippen molar-refractivity contribution in [2.75, 3.05) is 19.6 Å². The summed E-state index contributed by atoms with van der Waals surface area (Å²) in [6.07, 6.45) is 4.11. The summed E-state index contributed by atoms with van der Waals surface area (Å²) in [6.45, 7) is 5.36. The maximum absolute atomic E-state index is 13.2. The van der Waals surface area contributed by atoms with Crippen molar-refractivity contribution in [3.63, 3.8) is 0 Å². The van der Waals surface area contributed by atoms with E-state index in [2.05, 4.69) is 17.1 Å². The summed E-state index contributed by atoms with van der Waals surface area (Å²) in [4.78, 5) is 14.4. The molecular formula is C17H25FN2O. The lowest BCUT2D eigenvalue weighted by Gasteiger charge is -2.32. The van der Waals surface area contributed by atoms with Gasteiger partial charge in [-0.2, -0.15) is 0 Å². The Balaban J connectivity index is 1.84. The summed E-state index contributed by atoms with van der Waals surface area (Å²) >= 11 is 0. The Morgan fingerprint density at radius 2 is 2.33 bits per heavy atom. The van der Waals surface area contributed by atoms with Gasteiger partial charge in [0.15, 0.2) is 0 Å². The van der Waals surface area contributed by atoms with Gasteiger partial charge in [-0.3, -0.25) is 9.69 Å². The van der Waals surface area contributed by atoms with Crippen LogP contribution in [0.2, 0.25) is 0 Å². The van der Waals surface area contributed by atoms with Crippen molar-refractivity contribution in [3.8, 4) is 0 Å². The van der Waals surface area contributed by atoms with E-state index in [4.69, 9.17) is 0 Å². The zero-order valence-corrected chi connectivity index (χ0v) is 12.8. The minimum absolute atomic E-state index is 0.0733. The van der Waals surface area contributed by atoms with Gasteiger partial charge in [-0.1, -0.05) is 25.5 Å². The van der Waals surface area contributed by atoms with Crippen LogP contribution in [0.4, 0.5) is 4.39 Å². The second-order valence-corrected chi connectivity index (χ2v) is 5.85. The quantitative estimate of drug-likeness (QED) is 0.818. The highest BCUT2D eigenvalue weighted by atomic mass is 19.1. The van der Waals surface area contributed by atoms with Crippen molar-refractivity contribution in [1.82, 2.24) is 10.2 Å². The van der Waals surface area contributed by atoms with Crippen molar-refractivity contribution >= 4 is 5.91 Å². The number of carbonyl (C=O) groups excluding carboxylic acids is 1. The van der Waals surface area contributed by atoms with E-state index in [9.17, 15) is 9.18 Å². The number of benzene rings is 1. The fourth-order valence-corrected chi connectivity index (χ4v) is 2.84. The van der Waals surface area contributed by atoms with Gasteiger partial charge in [0.05, 0.1) is 5.92 Å². The van der Waals surface area contributed by atoms with Crippen molar-refractivity contribution in [3.05, 3.63) is 35.6 Å². The number of likely N-dealkylation sites (tertiary alicyclic amines) is 1. The summed E-state index contributed by atoms with van der Waals surface area (Å²) in [7, 11) is 0. The predicted molar refractivity (Wildman–Crippen MR) is 82.3 cm³/mol. The van der Waals surface area contributed by atoms with E-state index in [1.54, 1.807) is 12.1 Å². The average Bonchev–Trinajstić information content (AvgIpc) is 2.48. The standard InChI is InChI=1S/C17H25FN2O/c1-2-3-9-19-17(21)15-7-5-10-20(13-15)12-14-6-4-8-16(18)11-14/h4,6,8,11,15H,2-3,5,7,9-10,12-13H2,1H3,(H,19,21). The third-order valence-corrected chi connectivity index (χ3v) is 4.00. The number of halogens is 1. The molecule has 1 unspecified atom stereocenters. The van der Waals surface area contributed by atoms with E-state index in [0.29, 0.717) is 0 Å². The molecule has 1 aromatic carbocycles. The number of hydrogen-bond acceptors (Lipinski definition) is 2. The van der Waals surface area contributed by atoms with Crippen LogP contribution >= 0.6 is 0 Å². The summed E-state index contributed by atoms with van der Waals surface area (Å²) in [5.74, 6) is 0.0509. The molecule has 1 aliphatic rings. The molecule has 3 nitrogen and oxygen atoms in total. The molecule has 0 aromatic heterocycles. The lowest BCUT2D eigenvalue weighted by atomic mass is 9.96. The largest absolute Gasteiger partial charge is 0.356 e. The SMILES string of the molecule is CCCCNC(=O)C1CCCN(Cc2cccc(F)c2)C1. The van der Waals surface area contributed by atoms with E-state index in [0.717, 1.165) is 57.4 Å². The lowest BCUT2D eigenvalue weighted by molar-refractivity contribution is -0.126. The molecule has 2 rings (SSSR count). The maximum atomic E-state index is 13.2. The van der Waals surface area contributed by atoms with Gasteiger partial charge >= 0.3 is 0 Å². The van der Waals surface area contributed by atoms with Crippen LogP contribution in [0.15, 0.2) is 24.3 Å². The molecule has 0 radical (unpaired) electrons. The zero-order valence-electron chi connectivity index (χ0n) is 12.8. The van der Waals surface area contributed by atoms with Crippen molar-refractivity contribution in [1.29, 1.82) is 0 Å². The van der Waals surface area contributed by atoms with Gasteiger partial charge in [-0.15, -0.1) is 0 Å².